The number of benzene rings is 3. The summed E-state index contributed by atoms with van der Waals surface area (Å²) in [6.07, 6.45) is 3.35. The molecule has 0 unspecified atom stereocenters. The normalized spacial score (nSPS) is 9.40. The van der Waals surface area contributed by atoms with Gasteiger partial charge in [0.2, 0.25) is 0 Å². The predicted octanol–water partition coefficient (Wildman–Crippen LogP) is 10.6. The standard InChI is InChI=1S/C16H14F4.C9H10F2.4CH4/c1-3-4-10-5-9(2)15(12(17)6-10)11-7-13(18)16(20)14(19)8-11;1-2-3-7-4-5-8(10)9(11)6-7;;;;/h5-8H,3-4H2,1-2H3;4-6H,2-3H2,1H3;4*1H4. The SMILES string of the molecule is C.C.C.C.CCCc1cc(C)c(-c2cc(F)c(F)c(F)c2)c(F)c1.CCCc1ccc(F)c(F)c1. The molecule has 0 atom stereocenters. The molecule has 3 aromatic rings. The second-order valence-corrected chi connectivity index (χ2v) is 7.27. The van der Waals surface area contributed by atoms with Crippen molar-refractivity contribution in [3.63, 3.8) is 0 Å². The van der Waals surface area contributed by atoms with Gasteiger partial charge in [0, 0.05) is 5.56 Å². The summed E-state index contributed by atoms with van der Waals surface area (Å²) < 4.78 is 78.5. The van der Waals surface area contributed by atoms with E-state index in [9.17, 15) is 26.3 Å². The molecule has 198 valence electrons. The van der Waals surface area contributed by atoms with Gasteiger partial charge >= 0.3 is 0 Å². The van der Waals surface area contributed by atoms with Crippen molar-refractivity contribution in [1.29, 1.82) is 0 Å². The van der Waals surface area contributed by atoms with E-state index in [2.05, 4.69) is 0 Å². The number of hydrogen-bond acceptors (Lipinski definition) is 0. The summed E-state index contributed by atoms with van der Waals surface area (Å²) in [6, 6.07) is 8.78. The topological polar surface area (TPSA) is 0 Å². The lowest BCUT2D eigenvalue weighted by Gasteiger charge is -2.11. The molecule has 0 aliphatic carbocycles. The highest BCUT2D eigenvalue weighted by molar-refractivity contribution is 5.68. The van der Waals surface area contributed by atoms with Gasteiger partial charge in [-0.3, -0.25) is 0 Å². The molecule has 0 fully saturated rings. The van der Waals surface area contributed by atoms with Crippen LogP contribution in [0.1, 0.15) is 73.1 Å². The van der Waals surface area contributed by atoms with E-state index < -0.39 is 34.9 Å². The van der Waals surface area contributed by atoms with Crippen LogP contribution >= 0.6 is 0 Å². The lowest BCUT2D eigenvalue weighted by Crippen LogP contribution is -1.97. The molecule has 0 saturated heterocycles. The minimum atomic E-state index is -1.55. The summed E-state index contributed by atoms with van der Waals surface area (Å²) in [5, 5.41) is 0. The molecule has 35 heavy (non-hydrogen) atoms. The molecule has 0 amide bonds. The molecule has 0 aliphatic rings. The van der Waals surface area contributed by atoms with Gasteiger partial charge < -0.3 is 0 Å². The van der Waals surface area contributed by atoms with Gasteiger partial charge in [0.1, 0.15) is 5.82 Å². The Morgan fingerprint density at radius 2 is 1.03 bits per heavy atom. The maximum atomic E-state index is 14.1. The van der Waals surface area contributed by atoms with Crippen LogP contribution in [0.25, 0.3) is 11.1 Å². The van der Waals surface area contributed by atoms with Crippen molar-refractivity contribution in [2.24, 2.45) is 0 Å². The van der Waals surface area contributed by atoms with Crippen molar-refractivity contribution in [1.82, 2.24) is 0 Å². The molecule has 3 rings (SSSR count). The summed E-state index contributed by atoms with van der Waals surface area (Å²) in [5.41, 5.74) is 2.35. The molecule has 0 saturated carbocycles. The lowest BCUT2D eigenvalue weighted by molar-refractivity contribution is 0.447. The van der Waals surface area contributed by atoms with Gasteiger partial charge in [-0.05, 0) is 72.4 Å². The Morgan fingerprint density at radius 3 is 1.49 bits per heavy atom. The molecule has 0 bridgehead atoms. The van der Waals surface area contributed by atoms with Gasteiger partial charge in [-0.2, -0.15) is 0 Å². The Kier molecular flexibility index (Phi) is 17.7. The van der Waals surface area contributed by atoms with Gasteiger partial charge in [0.25, 0.3) is 0 Å². The highest BCUT2D eigenvalue weighted by Gasteiger charge is 2.16. The Morgan fingerprint density at radius 1 is 0.543 bits per heavy atom. The molecule has 0 heterocycles. The van der Waals surface area contributed by atoms with Crippen LogP contribution in [0.2, 0.25) is 0 Å². The molecule has 3 aromatic carbocycles. The number of aryl methyl sites for hydroxylation is 3. The number of halogens is 6. The average Bonchev–Trinajstić information content (AvgIpc) is 2.69. The fourth-order valence-corrected chi connectivity index (χ4v) is 3.30. The number of hydrogen-bond donors (Lipinski definition) is 0. The van der Waals surface area contributed by atoms with Crippen LogP contribution in [0.4, 0.5) is 26.3 Å². The van der Waals surface area contributed by atoms with E-state index in [1.807, 2.05) is 13.8 Å². The minimum absolute atomic E-state index is 0. The summed E-state index contributed by atoms with van der Waals surface area (Å²) in [5.74, 6) is -6.28. The molecule has 6 heteroatoms. The highest BCUT2D eigenvalue weighted by atomic mass is 19.2. The van der Waals surface area contributed by atoms with Crippen molar-refractivity contribution in [2.45, 2.75) is 76.2 Å². The van der Waals surface area contributed by atoms with Crippen LogP contribution in [0.3, 0.4) is 0 Å². The molecule has 0 nitrogen and oxygen atoms in total. The van der Waals surface area contributed by atoms with E-state index in [4.69, 9.17) is 0 Å². The smallest absolute Gasteiger partial charge is 0.194 e. The van der Waals surface area contributed by atoms with E-state index in [1.54, 1.807) is 19.1 Å². The van der Waals surface area contributed by atoms with Crippen LogP contribution in [-0.2, 0) is 12.8 Å². The van der Waals surface area contributed by atoms with Gasteiger partial charge in [-0.25, -0.2) is 26.3 Å². The molecule has 0 aromatic heterocycles. The summed E-state index contributed by atoms with van der Waals surface area (Å²) >= 11 is 0. The maximum absolute atomic E-state index is 14.1. The van der Waals surface area contributed by atoms with E-state index in [0.29, 0.717) is 5.56 Å². The fraction of sp³-hybridized carbons (Fsp3) is 0.379. The van der Waals surface area contributed by atoms with Crippen LogP contribution in [-0.4, -0.2) is 0 Å². The summed E-state index contributed by atoms with van der Waals surface area (Å²) in [4.78, 5) is 0. The third kappa shape index (κ3) is 9.79. The predicted molar refractivity (Wildman–Crippen MR) is 138 cm³/mol. The van der Waals surface area contributed by atoms with Crippen molar-refractivity contribution >= 4 is 0 Å². The first kappa shape index (κ1) is 36.8. The maximum Gasteiger partial charge on any atom is 0.194 e. The van der Waals surface area contributed by atoms with Gasteiger partial charge in [-0.15, -0.1) is 0 Å². The third-order valence-electron chi connectivity index (χ3n) is 4.68. The molecular formula is C29H40F6. The first-order valence-corrected chi connectivity index (χ1v) is 10.1. The first-order chi connectivity index (χ1) is 14.7. The van der Waals surface area contributed by atoms with E-state index in [0.717, 1.165) is 48.9 Å². The Hall–Kier alpha value is -2.76. The summed E-state index contributed by atoms with van der Waals surface area (Å²) in [6.45, 7) is 5.64. The molecule has 0 spiro atoms. The second kappa shape index (κ2) is 16.8. The Labute approximate surface area is 208 Å². The zero-order valence-electron chi connectivity index (χ0n) is 17.6. The summed E-state index contributed by atoms with van der Waals surface area (Å²) in [7, 11) is 0. The monoisotopic (exact) mass is 502 g/mol. The van der Waals surface area contributed by atoms with Crippen LogP contribution in [0.15, 0.2) is 42.5 Å². The zero-order chi connectivity index (χ0) is 23.1. The second-order valence-electron chi connectivity index (χ2n) is 7.27. The lowest BCUT2D eigenvalue weighted by atomic mass is 9.96. The van der Waals surface area contributed by atoms with Gasteiger partial charge in [0.15, 0.2) is 29.1 Å². The molecule has 0 radical (unpaired) electrons. The highest BCUT2D eigenvalue weighted by Crippen LogP contribution is 2.30. The van der Waals surface area contributed by atoms with Crippen molar-refractivity contribution < 1.29 is 26.3 Å². The van der Waals surface area contributed by atoms with Crippen LogP contribution in [0, 0.1) is 41.8 Å². The molecule has 0 N–H and O–H groups in total. The fourth-order valence-electron chi connectivity index (χ4n) is 3.30. The Balaban J connectivity index is -0.000000595. The first-order valence-electron chi connectivity index (χ1n) is 10.1. The molecular weight excluding hydrogens is 462 g/mol. The van der Waals surface area contributed by atoms with Crippen LogP contribution in [0.5, 0.6) is 0 Å². The molecule has 0 aliphatic heterocycles. The Bertz CT molecular complexity index is 997. The quantitative estimate of drug-likeness (QED) is 0.240. The van der Waals surface area contributed by atoms with Gasteiger partial charge in [-0.1, -0.05) is 68.5 Å². The minimum Gasteiger partial charge on any atom is -0.206 e. The van der Waals surface area contributed by atoms with Crippen molar-refractivity contribution in [2.75, 3.05) is 0 Å². The van der Waals surface area contributed by atoms with Gasteiger partial charge in [0.05, 0.1) is 0 Å². The third-order valence-corrected chi connectivity index (χ3v) is 4.68. The van der Waals surface area contributed by atoms with E-state index >= 15 is 0 Å². The van der Waals surface area contributed by atoms with Crippen molar-refractivity contribution in [3.05, 3.63) is 94.1 Å². The van der Waals surface area contributed by atoms with Crippen LogP contribution < -0.4 is 0 Å². The van der Waals surface area contributed by atoms with E-state index in [1.165, 1.54) is 18.2 Å². The van der Waals surface area contributed by atoms with E-state index in [-0.39, 0.29) is 40.8 Å². The largest absolute Gasteiger partial charge is 0.206 e. The van der Waals surface area contributed by atoms with Crippen molar-refractivity contribution in [3.8, 4) is 11.1 Å². The number of rotatable bonds is 5. The average molecular weight is 503 g/mol. The zero-order valence-corrected chi connectivity index (χ0v) is 17.6.